The zero-order chi connectivity index (χ0) is 18.2. The molecule has 0 aromatic heterocycles. The van der Waals surface area contributed by atoms with Crippen LogP contribution in [-0.2, 0) is 4.79 Å². The molecule has 25 heavy (non-hydrogen) atoms. The van der Waals surface area contributed by atoms with E-state index in [1.807, 2.05) is 0 Å². The van der Waals surface area contributed by atoms with E-state index in [1.54, 1.807) is 31.4 Å². The van der Waals surface area contributed by atoms with E-state index in [-0.39, 0.29) is 12.5 Å². The quantitative estimate of drug-likeness (QED) is 0.550. The molecule has 7 heteroatoms. The molecule has 0 saturated heterocycles. The summed E-state index contributed by atoms with van der Waals surface area (Å²) >= 11 is 5.26. The van der Waals surface area contributed by atoms with Crippen molar-refractivity contribution in [2.24, 2.45) is 11.8 Å². The lowest BCUT2D eigenvalue weighted by Crippen LogP contribution is -2.53. The molecule has 1 fully saturated rings. The van der Waals surface area contributed by atoms with Crippen LogP contribution in [0.3, 0.4) is 0 Å². The van der Waals surface area contributed by atoms with Crippen molar-refractivity contribution in [3.05, 3.63) is 24.3 Å². The number of amides is 1. The molecule has 0 spiro atoms. The van der Waals surface area contributed by atoms with E-state index in [1.165, 1.54) is 12.8 Å². The van der Waals surface area contributed by atoms with Crippen LogP contribution in [0, 0.1) is 11.8 Å². The van der Waals surface area contributed by atoms with E-state index in [2.05, 4.69) is 30.0 Å². The van der Waals surface area contributed by atoms with Crippen molar-refractivity contribution in [2.75, 3.05) is 13.7 Å². The molecule has 0 bridgehead atoms. The normalized spacial score (nSPS) is 22.6. The minimum Gasteiger partial charge on any atom is -0.497 e. The van der Waals surface area contributed by atoms with Crippen LogP contribution < -0.4 is 25.6 Å². The first-order valence-electron chi connectivity index (χ1n) is 8.61. The molecular formula is C18H27N3O3S. The fourth-order valence-corrected chi connectivity index (χ4v) is 3.18. The number of hydrogen-bond acceptors (Lipinski definition) is 4. The summed E-state index contributed by atoms with van der Waals surface area (Å²) in [7, 11) is 1.60. The summed E-state index contributed by atoms with van der Waals surface area (Å²) in [6.07, 6.45) is 3.56. The maximum Gasteiger partial charge on any atom is 0.276 e. The highest BCUT2D eigenvalue weighted by atomic mass is 32.1. The highest BCUT2D eigenvalue weighted by Gasteiger charge is 2.27. The number of methoxy groups -OCH3 is 1. The number of rotatable bonds is 5. The van der Waals surface area contributed by atoms with Gasteiger partial charge in [0.05, 0.1) is 7.11 Å². The Morgan fingerprint density at radius 2 is 1.84 bits per heavy atom. The summed E-state index contributed by atoms with van der Waals surface area (Å²) in [6.45, 7) is 4.41. The molecule has 0 unspecified atom stereocenters. The Bertz CT molecular complexity index is 579. The van der Waals surface area contributed by atoms with Gasteiger partial charge in [0.1, 0.15) is 11.5 Å². The van der Waals surface area contributed by atoms with Crippen LogP contribution in [0.25, 0.3) is 0 Å². The standard InChI is InChI=1S/C18H27N3O3S/c1-12-5-4-6-16(13(12)2)19-18(25)21-20-17(22)11-24-15-9-7-14(23-3)8-10-15/h7-10,12-13,16H,4-6,11H2,1-3H3,(H,20,22)(H2,19,21,25)/t12-,13-,16+/m1/s1. The van der Waals surface area contributed by atoms with E-state index >= 15 is 0 Å². The molecule has 2 rings (SSSR count). The molecule has 1 aromatic rings. The van der Waals surface area contributed by atoms with E-state index in [0.29, 0.717) is 28.7 Å². The number of thiocarbonyl (C=S) groups is 1. The van der Waals surface area contributed by atoms with Crippen LogP contribution in [0.1, 0.15) is 33.1 Å². The predicted molar refractivity (Wildman–Crippen MR) is 101 cm³/mol. The average Bonchev–Trinajstić information content (AvgIpc) is 2.62. The summed E-state index contributed by atoms with van der Waals surface area (Å²) in [5, 5.41) is 3.73. The number of carbonyl (C=O) groups is 1. The SMILES string of the molecule is COc1ccc(OCC(=O)NNC(=S)N[C@H]2CCC[C@@H](C)[C@H]2C)cc1. The van der Waals surface area contributed by atoms with Gasteiger partial charge >= 0.3 is 0 Å². The summed E-state index contributed by atoms with van der Waals surface area (Å²) in [5.74, 6) is 2.27. The Hall–Kier alpha value is -2.02. The minimum atomic E-state index is -0.301. The van der Waals surface area contributed by atoms with E-state index < -0.39 is 0 Å². The maximum atomic E-state index is 11.8. The van der Waals surface area contributed by atoms with Crippen molar-refractivity contribution in [3.8, 4) is 11.5 Å². The van der Waals surface area contributed by atoms with Gasteiger partial charge in [0.15, 0.2) is 11.7 Å². The lowest BCUT2D eigenvalue weighted by Gasteiger charge is -2.35. The molecule has 0 radical (unpaired) electrons. The predicted octanol–water partition coefficient (Wildman–Crippen LogP) is 2.39. The Morgan fingerprint density at radius 3 is 2.52 bits per heavy atom. The van der Waals surface area contributed by atoms with Crippen LogP contribution in [0.2, 0.25) is 0 Å². The first-order chi connectivity index (χ1) is 12.0. The van der Waals surface area contributed by atoms with Gasteiger partial charge in [0.25, 0.3) is 5.91 Å². The van der Waals surface area contributed by atoms with Gasteiger partial charge in [-0.3, -0.25) is 15.6 Å². The summed E-state index contributed by atoms with van der Waals surface area (Å²) in [6, 6.07) is 7.39. The number of benzene rings is 1. The van der Waals surface area contributed by atoms with Crippen LogP contribution in [0.15, 0.2) is 24.3 Å². The minimum absolute atomic E-state index is 0.0984. The number of hydrazine groups is 1. The lowest BCUT2D eigenvalue weighted by atomic mass is 9.78. The van der Waals surface area contributed by atoms with Gasteiger partial charge in [-0.2, -0.15) is 0 Å². The molecule has 1 aliphatic rings. The van der Waals surface area contributed by atoms with Gasteiger partial charge < -0.3 is 14.8 Å². The second-order valence-corrected chi connectivity index (χ2v) is 6.89. The summed E-state index contributed by atoms with van der Waals surface area (Å²) < 4.78 is 10.5. The summed E-state index contributed by atoms with van der Waals surface area (Å²) in [4.78, 5) is 11.8. The van der Waals surface area contributed by atoms with E-state index in [9.17, 15) is 4.79 Å². The van der Waals surface area contributed by atoms with Gasteiger partial charge in [-0.05, 0) is 54.7 Å². The summed E-state index contributed by atoms with van der Waals surface area (Å²) in [5.41, 5.74) is 5.29. The highest BCUT2D eigenvalue weighted by molar-refractivity contribution is 7.80. The van der Waals surface area contributed by atoms with Gasteiger partial charge in [0.2, 0.25) is 0 Å². The molecular weight excluding hydrogens is 338 g/mol. The fourth-order valence-electron chi connectivity index (χ4n) is 2.97. The van der Waals surface area contributed by atoms with Crippen molar-refractivity contribution >= 4 is 23.2 Å². The molecule has 3 N–H and O–H groups in total. The second-order valence-electron chi connectivity index (χ2n) is 6.48. The second kappa shape index (κ2) is 9.46. The first-order valence-corrected chi connectivity index (χ1v) is 9.02. The van der Waals surface area contributed by atoms with Crippen molar-refractivity contribution in [3.63, 3.8) is 0 Å². The van der Waals surface area contributed by atoms with Gasteiger partial charge in [0, 0.05) is 6.04 Å². The molecule has 138 valence electrons. The number of hydrogen-bond donors (Lipinski definition) is 3. The average molecular weight is 365 g/mol. The van der Waals surface area contributed by atoms with E-state index in [0.717, 1.165) is 12.2 Å². The third-order valence-electron chi connectivity index (χ3n) is 4.77. The maximum absolute atomic E-state index is 11.8. The molecule has 3 atom stereocenters. The Balaban J connectivity index is 1.67. The zero-order valence-corrected chi connectivity index (χ0v) is 15.8. The Labute approximate surface area is 154 Å². The first kappa shape index (κ1) is 19.3. The van der Waals surface area contributed by atoms with Crippen molar-refractivity contribution in [1.82, 2.24) is 16.2 Å². The largest absolute Gasteiger partial charge is 0.497 e. The van der Waals surface area contributed by atoms with Crippen molar-refractivity contribution in [2.45, 2.75) is 39.2 Å². The van der Waals surface area contributed by atoms with Crippen LogP contribution in [0.4, 0.5) is 0 Å². The van der Waals surface area contributed by atoms with Crippen LogP contribution in [-0.4, -0.2) is 30.8 Å². The topological polar surface area (TPSA) is 71.6 Å². The fraction of sp³-hybridized carbons (Fsp3) is 0.556. The van der Waals surface area contributed by atoms with E-state index in [4.69, 9.17) is 21.7 Å². The van der Waals surface area contributed by atoms with Gasteiger partial charge in [-0.25, -0.2) is 0 Å². The van der Waals surface area contributed by atoms with Crippen LogP contribution in [0.5, 0.6) is 11.5 Å². The molecule has 1 aliphatic carbocycles. The Kier molecular flexibility index (Phi) is 7.31. The highest BCUT2D eigenvalue weighted by Crippen LogP contribution is 2.29. The molecule has 1 saturated carbocycles. The number of ether oxygens (including phenoxy) is 2. The number of nitrogens with one attached hydrogen (secondary N) is 3. The smallest absolute Gasteiger partial charge is 0.276 e. The molecule has 1 aromatic carbocycles. The third-order valence-corrected chi connectivity index (χ3v) is 4.99. The lowest BCUT2D eigenvalue weighted by molar-refractivity contribution is -0.123. The molecule has 6 nitrogen and oxygen atoms in total. The molecule has 0 heterocycles. The third kappa shape index (κ3) is 6.08. The van der Waals surface area contributed by atoms with Crippen molar-refractivity contribution < 1.29 is 14.3 Å². The van der Waals surface area contributed by atoms with Gasteiger partial charge in [-0.15, -0.1) is 0 Å². The monoisotopic (exact) mass is 365 g/mol. The van der Waals surface area contributed by atoms with Crippen molar-refractivity contribution in [1.29, 1.82) is 0 Å². The zero-order valence-electron chi connectivity index (χ0n) is 15.0. The molecule has 0 aliphatic heterocycles. The number of carbonyl (C=O) groups excluding carboxylic acids is 1. The Morgan fingerprint density at radius 1 is 1.16 bits per heavy atom. The van der Waals surface area contributed by atoms with Gasteiger partial charge in [-0.1, -0.05) is 26.7 Å². The molecule has 1 amide bonds. The van der Waals surface area contributed by atoms with Crippen LogP contribution >= 0.6 is 12.2 Å².